The summed E-state index contributed by atoms with van der Waals surface area (Å²) in [4.78, 5) is 3.78. The number of hydrogen-bond acceptors (Lipinski definition) is 2. The van der Waals surface area contributed by atoms with Crippen LogP contribution in [-0.2, 0) is 0 Å². The molecule has 1 N–H and O–H groups in total. The SMILES string of the molecule is CCCCCCCCCCCCCCCCNc1ccccc1.c1ccncc1. The zero-order valence-electron chi connectivity index (χ0n) is 18.8. The molecule has 162 valence electrons. The minimum atomic E-state index is 1.11. The van der Waals surface area contributed by atoms with Crippen LogP contribution in [-0.4, -0.2) is 11.5 Å². The van der Waals surface area contributed by atoms with Crippen LogP contribution in [0.25, 0.3) is 0 Å². The molecule has 29 heavy (non-hydrogen) atoms. The van der Waals surface area contributed by atoms with E-state index in [1.807, 2.05) is 18.2 Å². The third kappa shape index (κ3) is 18.0. The number of nitrogens with zero attached hydrogens (tertiary/aromatic N) is 1. The number of pyridine rings is 1. The molecule has 1 heterocycles. The van der Waals surface area contributed by atoms with Gasteiger partial charge < -0.3 is 5.32 Å². The molecule has 1 aromatic heterocycles. The minimum Gasteiger partial charge on any atom is -0.385 e. The van der Waals surface area contributed by atoms with Gasteiger partial charge in [-0.25, -0.2) is 0 Å². The molecule has 0 unspecified atom stereocenters. The second kappa shape index (κ2) is 20.9. The molecule has 0 fully saturated rings. The minimum absolute atomic E-state index is 1.11. The summed E-state index contributed by atoms with van der Waals surface area (Å²) in [5.41, 5.74) is 1.25. The molecular weight excluding hydrogens is 352 g/mol. The van der Waals surface area contributed by atoms with Crippen molar-refractivity contribution < 1.29 is 0 Å². The van der Waals surface area contributed by atoms with Gasteiger partial charge >= 0.3 is 0 Å². The number of unbranched alkanes of at least 4 members (excludes halogenated alkanes) is 13. The third-order valence-electron chi connectivity index (χ3n) is 5.20. The molecule has 2 aromatic rings. The number of rotatable bonds is 16. The lowest BCUT2D eigenvalue weighted by atomic mass is 10.0. The monoisotopic (exact) mass is 396 g/mol. The lowest BCUT2D eigenvalue weighted by Crippen LogP contribution is -2.00. The van der Waals surface area contributed by atoms with Crippen molar-refractivity contribution >= 4 is 5.69 Å². The molecular formula is C27H44N2. The first kappa shape index (κ1) is 25.2. The summed E-state index contributed by atoms with van der Waals surface area (Å²) in [7, 11) is 0. The van der Waals surface area contributed by atoms with E-state index < -0.39 is 0 Å². The maximum atomic E-state index is 3.78. The summed E-state index contributed by atoms with van der Waals surface area (Å²) in [5.74, 6) is 0. The first-order chi connectivity index (χ1) is 14.4. The summed E-state index contributed by atoms with van der Waals surface area (Å²) in [5, 5.41) is 3.49. The maximum absolute atomic E-state index is 3.78. The summed E-state index contributed by atoms with van der Waals surface area (Å²) >= 11 is 0. The molecule has 1 aromatic carbocycles. The highest BCUT2D eigenvalue weighted by Crippen LogP contribution is 2.13. The van der Waals surface area contributed by atoms with Crippen molar-refractivity contribution in [1.29, 1.82) is 0 Å². The van der Waals surface area contributed by atoms with Crippen molar-refractivity contribution in [1.82, 2.24) is 4.98 Å². The molecule has 0 spiro atoms. The number of hydrogen-bond donors (Lipinski definition) is 1. The summed E-state index contributed by atoms with van der Waals surface area (Å²) < 4.78 is 0. The number of benzene rings is 1. The number of anilines is 1. The van der Waals surface area contributed by atoms with Gasteiger partial charge in [0.05, 0.1) is 0 Å². The number of para-hydroxylation sites is 1. The van der Waals surface area contributed by atoms with Gasteiger partial charge in [0, 0.05) is 24.6 Å². The average molecular weight is 397 g/mol. The Morgan fingerprint density at radius 2 is 1.00 bits per heavy atom. The molecule has 0 aliphatic carbocycles. The fourth-order valence-electron chi connectivity index (χ4n) is 3.42. The Balaban J connectivity index is 0.000000594. The van der Waals surface area contributed by atoms with Crippen LogP contribution in [0.15, 0.2) is 60.9 Å². The van der Waals surface area contributed by atoms with E-state index in [1.165, 1.54) is 95.6 Å². The number of nitrogens with one attached hydrogen (secondary N) is 1. The molecule has 0 aliphatic heterocycles. The summed E-state index contributed by atoms with van der Waals surface area (Å²) in [6, 6.07) is 16.2. The van der Waals surface area contributed by atoms with Crippen LogP contribution in [0.3, 0.4) is 0 Å². The van der Waals surface area contributed by atoms with Gasteiger partial charge in [0.25, 0.3) is 0 Å². The Hall–Kier alpha value is -1.83. The van der Waals surface area contributed by atoms with Crippen molar-refractivity contribution in [3.05, 3.63) is 60.9 Å². The van der Waals surface area contributed by atoms with E-state index in [4.69, 9.17) is 0 Å². The second-order valence-corrected chi connectivity index (χ2v) is 7.91. The van der Waals surface area contributed by atoms with E-state index in [0.29, 0.717) is 0 Å². The topological polar surface area (TPSA) is 24.9 Å². The Morgan fingerprint density at radius 1 is 0.552 bits per heavy atom. The van der Waals surface area contributed by atoms with Crippen LogP contribution in [0.4, 0.5) is 5.69 Å². The fourth-order valence-corrected chi connectivity index (χ4v) is 3.42. The highest BCUT2D eigenvalue weighted by molar-refractivity contribution is 5.42. The van der Waals surface area contributed by atoms with Gasteiger partial charge in [-0.05, 0) is 30.7 Å². The van der Waals surface area contributed by atoms with Gasteiger partial charge in [0.15, 0.2) is 0 Å². The van der Waals surface area contributed by atoms with Crippen LogP contribution in [0.2, 0.25) is 0 Å². The van der Waals surface area contributed by atoms with Crippen molar-refractivity contribution in [3.63, 3.8) is 0 Å². The quantitative estimate of drug-likeness (QED) is 0.287. The average Bonchev–Trinajstić information content (AvgIpc) is 2.79. The highest BCUT2D eigenvalue weighted by Gasteiger charge is 1.94. The van der Waals surface area contributed by atoms with Gasteiger partial charge in [0.2, 0.25) is 0 Å². The van der Waals surface area contributed by atoms with Crippen LogP contribution in [0.1, 0.15) is 96.8 Å². The number of aromatic nitrogens is 1. The van der Waals surface area contributed by atoms with E-state index in [9.17, 15) is 0 Å². The van der Waals surface area contributed by atoms with Crippen LogP contribution < -0.4 is 5.32 Å². The zero-order chi connectivity index (χ0) is 20.7. The normalized spacial score (nSPS) is 10.2. The first-order valence-electron chi connectivity index (χ1n) is 12.1. The van der Waals surface area contributed by atoms with Gasteiger partial charge in [-0.2, -0.15) is 0 Å². The molecule has 0 aliphatic rings. The molecule has 0 atom stereocenters. The van der Waals surface area contributed by atoms with Crippen LogP contribution >= 0.6 is 0 Å². The molecule has 0 saturated carbocycles. The zero-order valence-corrected chi connectivity index (χ0v) is 18.8. The maximum Gasteiger partial charge on any atom is 0.0340 e. The standard InChI is InChI=1S/C22H39N.C5H5N/c1-2-3-4-5-6-7-8-9-10-11-12-13-14-18-21-23-22-19-16-15-17-20-22;1-2-4-6-5-3-1/h15-17,19-20,23H,2-14,18,21H2,1H3;1-5H. The Labute approximate surface area is 180 Å². The lowest BCUT2D eigenvalue weighted by Gasteiger charge is -2.06. The van der Waals surface area contributed by atoms with Crippen molar-refractivity contribution in [2.45, 2.75) is 96.8 Å². The van der Waals surface area contributed by atoms with Crippen molar-refractivity contribution in [3.8, 4) is 0 Å². The largest absolute Gasteiger partial charge is 0.385 e. The fraction of sp³-hybridized carbons (Fsp3) is 0.593. The van der Waals surface area contributed by atoms with Crippen molar-refractivity contribution in [2.24, 2.45) is 0 Å². The summed E-state index contributed by atoms with van der Waals surface area (Å²) in [6.45, 7) is 3.40. The van der Waals surface area contributed by atoms with Gasteiger partial charge in [-0.15, -0.1) is 0 Å². The van der Waals surface area contributed by atoms with E-state index in [2.05, 4.69) is 47.6 Å². The van der Waals surface area contributed by atoms with E-state index in [0.717, 1.165) is 6.54 Å². The summed E-state index contributed by atoms with van der Waals surface area (Å²) in [6.07, 6.45) is 23.5. The van der Waals surface area contributed by atoms with E-state index >= 15 is 0 Å². The molecule has 2 heteroatoms. The van der Waals surface area contributed by atoms with Crippen LogP contribution in [0, 0.1) is 0 Å². The van der Waals surface area contributed by atoms with Gasteiger partial charge in [-0.1, -0.05) is 115 Å². The smallest absolute Gasteiger partial charge is 0.0340 e. The van der Waals surface area contributed by atoms with Crippen molar-refractivity contribution in [2.75, 3.05) is 11.9 Å². The third-order valence-corrected chi connectivity index (χ3v) is 5.20. The molecule has 0 saturated heterocycles. The Morgan fingerprint density at radius 3 is 1.41 bits per heavy atom. The van der Waals surface area contributed by atoms with Crippen LogP contribution in [0.5, 0.6) is 0 Å². The van der Waals surface area contributed by atoms with Gasteiger partial charge in [-0.3, -0.25) is 4.98 Å². The first-order valence-corrected chi connectivity index (χ1v) is 12.1. The van der Waals surface area contributed by atoms with E-state index in [1.54, 1.807) is 12.4 Å². The molecule has 2 nitrogen and oxygen atoms in total. The predicted octanol–water partition coefficient (Wildman–Crippen LogP) is 8.66. The molecule has 0 bridgehead atoms. The van der Waals surface area contributed by atoms with Gasteiger partial charge in [0.1, 0.15) is 0 Å². The molecule has 2 rings (SSSR count). The molecule has 0 amide bonds. The lowest BCUT2D eigenvalue weighted by molar-refractivity contribution is 0.537. The van der Waals surface area contributed by atoms with E-state index in [-0.39, 0.29) is 0 Å². The Bertz CT molecular complexity index is 500. The molecule has 0 radical (unpaired) electrons. The predicted molar refractivity (Wildman–Crippen MR) is 129 cm³/mol. The highest BCUT2D eigenvalue weighted by atomic mass is 14.9. The second-order valence-electron chi connectivity index (χ2n) is 7.91. The Kier molecular flexibility index (Phi) is 18.2.